The van der Waals surface area contributed by atoms with Crippen molar-refractivity contribution < 1.29 is 4.74 Å². The van der Waals surface area contributed by atoms with E-state index in [2.05, 4.69) is 33.9 Å². The molecule has 0 radical (unpaired) electrons. The van der Waals surface area contributed by atoms with Crippen LogP contribution < -0.4 is 0 Å². The molecule has 3 atom stereocenters. The van der Waals surface area contributed by atoms with E-state index in [-0.39, 0.29) is 5.60 Å². The van der Waals surface area contributed by atoms with Crippen LogP contribution >= 0.6 is 0 Å². The lowest BCUT2D eigenvalue weighted by Gasteiger charge is -2.42. The van der Waals surface area contributed by atoms with Crippen LogP contribution in [0, 0.1) is 5.92 Å². The molecule has 0 aliphatic carbocycles. The molecule has 0 aromatic rings. The van der Waals surface area contributed by atoms with E-state index in [9.17, 15) is 0 Å². The Bertz CT molecular complexity index is 281. The fourth-order valence-electron chi connectivity index (χ4n) is 2.86. The van der Waals surface area contributed by atoms with Crippen molar-refractivity contribution in [1.82, 2.24) is 0 Å². The number of hydrogen-bond acceptors (Lipinski definition) is 1. The van der Waals surface area contributed by atoms with Gasteiger partial charge in [-0.3, -0.25) is 0 Å². The van der Waals surface area contributed by atoms with Gasteiger partial charge in [0.1, 0.15) is 0 Å². The zero-order valence-electron chi connectivity index (χ0n) is 12.5. The van der Waals surface area contributed by atoms with Gasteiger partial charge < -0.3 is 4.74 Å². The average molecular weight is 250 g/mol. The van der Waals surface area contributed by atoms with Crippen LogP contribution in [0.2, 0.25) is 0 Å². The van der Waals surface area contributed by atoms with E-state index < -0.39 is 0 Å². The highest BCUT2D eigenvalue weighted by Gasteiger charge is 2.36. The third-order valence-electron chi connectivity index (χ3n) is 4.23. The summed E-state index contributed by atoms with van der Waals surface area (Å²) >= 11 is 0. The zero-order chi connectivity index (χ0) is 13.6. The van der Waals surface area contributed by atoms with Gasteiger partial charge in [0.25, 0.3) is 0 Å². The number of hydrogen-bond donors (Lipinski definition) is 0. The van der Waals surface area contributed by atoms with Crippen LogP contribution in [-0.2, 0) is 4.74 Å². The smallest absolute Gasteiger partial charge is 0.0836 e. The molecule has 1 aliphatic heterocycles. The zero-order valence-corrected chi connectivity index (χ0v) is 12.5. The lowest BCUT2D eigenvalue weighted by molar-refractivity contribution is -0.113. The first-order valence-electron chi connectivity index (χ1n) is 7.49. The second-order valence-corrected chi connectivity index (χ2v) is 6.01. The molecule has 0 amide bonds. The van der Waals surface area contributed by atoms with E-state index in [1.807, 2.05) is 6.08 Å². The maximum atomic E-state index is 6.30. The van der Waals surface area contributed by atoms with Crippen molar-refractivity contribution in [3.05, 3.63) is 24.8 Å². The van der Waals surface area contributed by atoms with Crippen LogP contribution in [0.25, 0.3) is 0 Å². The Balaban J connectivity index is 2.55. The van der Waals surface area contributed by atoms with E-state index in [1.165, 1.54) is 44.1 Å². The van der Waals surface area contributed by atoms with Gasteiger partial charge in [0.15, 0.2) is 0 Å². The Morgan fingerprint density at radius 3 is 2.67 bits per heavy atom. The SMILES string of the molecule is C=C[C@]1(C)CC[C@@H](C(=C)C)[C@H](CCCCCC)O1. The van der Waals surface area contributed by atoms with Crippen molar-refractivity contribution >= 4 is 0 Å². The van der Waals surface area contributed by atoms with Crippen molar-refractivity contribution in [3.8, 4) is 0 Å². The van der Waals surface area contributed by atoms with Gasteiger partial charge in [-0.1, -0.05) is 50.8 Å². The average Bonchev–Trinajstić information content (AvgIpc) is 2.34. The van der Waals surface area contributed by atoms with Gasteiger partial charge in [-0.25, -0.2) is 0 Å². The molecule has 1 saturated heterocycles. The minimum absolute atomic E-state index is 0.124. The highest BCUT2D eigenvalue weighted by Crippen LogP contribution is 2.38. The number of rotatable bonds is 7. The number of ether oxygens (including phenoxy) is 1. The first-order valence-corrected chi connectivity index (χ1v) is 7.49. The molecule has 18 heavy (non-hydrogen) atoms. The van der Waals surface area contributed by atoms with Gasteiger partial charge in [-0.2, -0.15) is 0 Å². The second kappa shape index (κ2) is 7.13. The molecular formula is C17H30O. The van der Waals surface area contributed by atoms with E-state index in [0.29, 0.717) is 12.0 Å². The van der Waals surface area contributed by atoms with Crippen LogP contribution in [0.5, 0.6) is 0 Å². The van der Waals surface area contributed by atoms with Crippen molar-refractivity contribution in [2.75, 3.05) is 0 Å². The summed E-state index contributed by atoms with van der Waals surface area (Å²) in [6.07, 6.45) is 11.0. The minimum Gasteiger partial charge on any atom is -0.367 e. The number of unbranched alkanes of at least 4 members (excludes halogenated alkanes) is 3. The van der Waals surface area contributed by atoms with Crippen molar-refractivity contribution in [1.29, 1.82) is 0 Å². The Morgan fingerprint density at radius 1 is 1.39 bits per heavy atom. The van der Waals surface area contributed by atoms with Crippen molar-refractivity contribution in [2.24, 2.45) is 5.92 Å². The molecule has 104 valence electrons. The lowest BCUT2D eigenvalue weighted by Crippen LogP contribution is -2.41. The normalized spacial score (nSPS) is 32.2. The van der Waals surface area contributed by atoms with Gasteiger partial charge in [0.2, 0.25) is 0 Å². The van der Waals surface area contributed by atoms with Crippen LogP contribution in [0.3, 0.4) is 0 Å². The summed E-state index contributed by atoms with van der Waals surface area (Å²) in [6, 6.07) is 0. The lowest BCUT2D eigenvalue weighted by atomic mass is 9.80. The van der Waals surface area contributed by atoms with Gasteiger partial charge in [0.05, 0.1) is 11.7 Å². The predicted molar refractivity (Wildman–Crippen MR) is 79.8 cm³/mol. The predicted octanol–water partition coefficient (Wildman–Crippen LogP) is 5.27. The van der Waals surface area contributed by atoms with Crippen LogP contribution in [0.4, 0.5) is 0 Å². The first kappa shape index (κ1) is 15.5. The van der Waals surface area contributed by atoms with Crippen molar-refractivity contribution in [3.63, 3.8) is 0 Å². The Morgan fingerprint density at radius 2 is 2.11 bits per heavy atom. The molecule has 0 N–H and O–H groups in total. The third-order valence-corrected chi connectivity index (χ3v) is 4.23. The van der Waals surface area contributed by atoms with E-state index in [4.69, 9.17) is 4.74 Å². The standard InChI is InChI=1S/C17H30O/c1-6-8-9-10-11-16-15(14(3)4)12-13-17(5,7-2)18-16/h7,15-16H,2-3,6,8-13H2,1,4-5H3/t15-,16-,17+/m0/s1. The molecule has 1 heteroatoms. The van der Waals surface area contributed by atoms with Gasteiger partial charge in [-0.15, -0.1) is 6.58 Å². The fourth-order valence-corrected chi connectivity index (χ4v) is 2.86. The maximum absolute atomic E-state index is 6.30. The second-order valence-electron chi connectivity index (χ2n) is 6.01. The van der Waals surface area contributed by atoms with Gasteiger partial charge >= 0.3 is 0 Å². The highest BCUT2D eigenvalue weighted by atomic mass is 16.5. The molecule has 1 rings (SSSR count). The van der Waals surface area contributed by atoms with Gasteiger partial charge in [0, 0.05) is 5.92 Å². The summed E-state index contributed by atoms with van der Waals surface area (Å²) in [7, 11) is 0. The summed E-state index contributed by atoms with van der Waals surface area (Å²) in [5.41, 5.74) is 1.16. The molecule has 0 spiro atoms. The largest absolute Gasteiger partial charge is 0.367 e. The Hall–Kier alpha value is -0.560. The first-order chi connectivity index (χ1) is 8.52. The third kappa shape index (κ3) is 4.28. The van der Waals surface area contributed by atoms with Crippen LogP contribution in [0.1, 0.15) is 65.7 Å². The van der Waals surface area contributed by atoms with Crippen LogP contribution in [0.15, 0.2) is 24.8 Å². The van der Waals surface area contributed by atoms with Crippen LogP contribution in [-0.4, -0.2) is 11.7 Å². The fraction of sp³-hybridized carbons (Fsp3) is 0.765. The van der Waals surface area contributed by atoms with E-state index >= 15 is 0 Å². The molecule has 0 unspecified atom stereocenters. The Labute approximate surface area is 113 Å². The molecule has 1 fully saturated rings. The molecule has 0 aromatic heterocycles. The van der Waals surface area contributed by atoms with Crippen molar-refractivity contribution in [2.45, 2.75) is 77.4 Å². The molecule has 1 nitrogen and oxygen atoms in total. The molecule has 1 heterocycles. The monoisotopic (exact) mass is 250 g/mol. The van der Waals surface area contributed by atoms with E-state index in [0.717, 1.165) is 6.42 Å². The summed E-state index contributed by atoms with van der Waals surface area (Å²) in [5, 5.41) is 0. The summed E-state index contributed by atoms with van der Waals surface area (Å²) in [5.74, 6) is 0.541. The maximum Gasteiger partial charge on any atom is 0.0836 e. The topological polar surface area (TPSA) is 9.23 Å². The summed E-state index contributed by atoms with van der Waals surface area (Å²) in [4.78, 5) is 0. The summed E-state index contributed by atoms with van der Waals surface area (Å²) < 4.78 is 6.30. The molecule has 0 aromatic carbocycles. The molecule has 0 saturated carbocycles. The molecule has 0 bridgehead atoms. The Kier molecular flexibility index (Phi) is 6.14. The molecule has 1 aliphatic rings. The quantitative estimate of drug-likeness (QED) is 0.441. The molecular weight excluding hydrogens is 220 g/mol. The van der Waals surface area contributed by atoms with E-state index in [1.54, 1.807) is 0 Å². The highest BCUT2D eigenvalue weighted by molar-refractivity contribution is 5.06. The minimum atomic E-state index is -0.124. The summed E-state index contributed by atoms with van der Waals surface area (Å²) in [6.45, 7) is 14.6. The van der Waals surface area contributed by atoms with Gasteiger partial charge in [-0.05, 0) is 33.1 Å².